The topological polar surface area (TPSA) is 94.2 Å². The maximum atomic E-state index is 13.1. The van der Waals surface area contributed by atoms with Crippen molar-refractivity contribution in [3.8, 4) is 17.2 Å². The van der Waals surface area contributed by atoms with Crippen molar-refractivity contribution in [2.24, 2.45) is 5.92 Å². The van der Waals surface area contributed by atoms with Crippen LogP contribution < -0.4 is 19.5 Å². The molecule has 9 heteroatoms. The van der Waals surface area contributed by atoms with Crippen LogP contribution in [0.3, 0.4) is 0 Å². The number of sulfonamides is 1. The van der Waals surface area contributed by atoms with Crippen LogP contribution in [-0.2, 0) is 14.8 Å². The van der Waals surface area contributed by atoms with Gasteiger partial charge in [0, 0.05) is 13.1 Å². The fourth-order valence-corrected chi connectivity index (χ4v) is 5.54. The predicted molar refractivity (Wildman–Crippen MR) is 118 cm³/mol. The minimum absolute atomic E-state index is 0.151. The molecule has 4 rings (SSSR count). The number of nitrogens with zero attached hydrogens (tertiary/aromatic N) is 1. The summed E-state index contributed by atoms with van der Waals surface area (Å²) in [6.07, 6.45) is 1.28. The molecule has 8 nitrogen and oxygen atoms in total. The van der Waals surface area contributed by atoms with E-state index in [2.05, 4.69) is 5.32 Å². The Morgan fingerprint density at radius 2 is 1.84 bits per heavy atom. The standard InChI is InChI=1S/C23H28N2O6S/c1-16(17-5-10-21-22(14-17)31-13-12-30-21)24-23(26)18-4-3-11-25(15-18)32(27,28)20-8-6-19(29-2)7-9-20/h5-10,14,16,18H,3-4,11-13,15H2,1-2H3,(H,24,26)/t16-,18+/m1/s1. The number of amides is 1. The minimum atomic E-state index is -3.68. The summed E-state index contributed by atoms with van der Waals surface area (Å²) in [5, 5.41) is 3.03. The number of carbonyl (C=O) groups is 1. The van der Waals surface area contributed by atoms with Crippen LogP contribution in [0.1, 0.15) is 31.4 Å². The summed E-state index contributed by atoms with van der Waals surface area (Å²) in [5.41, 5.74) is 0.904. The normalized spacial score (nSPS) is 19.8. The number of hydrogen-bond acceptors (Lipinski definition) is 6. The summed E-state index contributed by atoms with van der Waals surface area (Å²) in [5.74, 6) is 1.40. The van der Waals surface area contributed by atoms with Crippen molar-refractivity contribution in [2.75, 3.05) is 33.4 Å². The maximum Gasteiger partial charge on any atom is 0.243 e. The van der Waals surface area contributed by atoms with Gasteiger partial charge in [0.15, 0.2) is 11.5 Å². The van der Waals surface area contributed by atoms with Crippen LogP contribution in [0, 0.1) is 5.92 Å². The van der Waals surface area contributed by atoms with E-state index in [0.717, 1.165) is 5.56 Å². The number of fused-ring (bicyclic) bond motifs is 1. The van der Waals surface area contributed by atoms with Gasteiger partial charge in [-0.2, -0.15) is 4.31 Å². The van der Waals surface area contributed by atoms with E-state index in [4.69, 9.17) is 14.2 Å². The fraction of sp³-hybridized carbons (Fsp3) is 0.435. The Kier molecular flexibility index (Phi) is 6.57. The summed E-state index contributed by atoms with van der Waals surface area (Å²) < 4.78 is 43.8. The lowest BCUT2D eigenvalue weighted by atomic mass is 9.97. The zero-order valence-corrected chi connectivity index (χ0v) is 19.1. The Morgan fingerprint density at radius 1 is 1.12 bits per heavy atom. The van der Waals surface area contributed by atoms with Gasteiger partial charge in [-0.1, -0.05) is 6.07 Å². The molecule has 0 spiro atoms. The molecule has 0 saturated carbocycles. The number of carbonyl (C=O) groups excluding carboxylic acids is 1. The van der Waals surface area contributed by atoms with Crippen LogP contribution >= 0.6 is 0 Å². The van der Waals surface area contributed by atoms with Gasteiger partial charge in [0.1, 0.15) is 19.0 Å². The smallest absolute Gasteiger partial charge is 0.243 e. The van der Waals surface area contributed by atoms with Gasteiger partial charge in [-0.05, 0) is 61.7 Å². The summed E-state index contributed by atoms with van der Waals surface area (Å²) in [6, 6.07) is 11.7. The lowest BCUT2D eigenvalue weighted by molar-refractivity contribution is -0.126. The van der Waals surface area contributed by atoms with E-state index >= 15 is 0 Å². The van der Waals surface area contributed by atoms with Gasteiger partial charge in [-0.25, -0.2) is 8.42 Å². The third-order valence-corrected chi connectivity index (χ3v) is 7.76. The number of benzene rings is 2. The first-order valence-electron chi connectivity index (χ1n) is 10.7. The molecule has 0 unspecified atom stereocenters. The Morgan fingerprint density at radius 3 is 2.56 bits per heavy atom. The Bertz CT molecular complexity index is 1070. The highest BCUT2D eigenvalue weighted by Crippen LogP contribution is 2.33. The van der Waals surface area contributed by atoms with Crippen molar-refractivity contribution >= 4 is 15.9 Å². The van der Waals surface area contributed by atoms with Crippen LogP contribution in [0.25, 0.3) is 0 Å². The lowest BCUT2D eigenvalue weighted by Gasteiger charge is -2.32. The second kappa shape index (κ2) is 9.38. The molecule has 2 heterocycles. The first-order valence-corrected chi connectivity index (χ1v) is 12.2. The third kappa shape index (κ3) is 4.68. The van der Waals surface area contributed by atoms with Crippen molar-refractivity contribution in [1.29, 1.82) is 0 Å². The molecule has 1 fully saturated rings. The molecule has 172 valence electrons. The minimum Gasteiger partial charge on any atom is -0.497 e. The zero-order valence-electron chi connectivity index (χ0n) is 18.2. The highest BCUT2D eigenvalue weighted by Gasteiger charge is 2.33. The number of hydrogen-bond donors (Lipinski definition) is 1. The van der Waals surface area contributed by atoms with E-state index in [1.165, 1.54) is 23.5 Å². The molecule has 1 amide bonds. The second-order valence-corrected chi connectivity index (χ2v) is 9.95. The van der Waals surface area contributed by atoms with E-state index in [1.54, 1.807) is 12.1 Å². The monoisotopic (exact) mass is 460 g/mol. The van der Waals surface area contributed by atoms with Gasteiger partial charge in [0.2, 0.25) is 15.9 Å². The second-order valence-electron chi connectivity index (χ2n) is 8.01. The molecule has 2 aliphatic rings. The highest BCUT2D eigenvalue weighted by molar-refractivity contribution is 7.89. The summed E-state index contributed by atoms with van der Waals surface area (Å²) in [7, 11) is -2.15. The van der Waals surface area contributed by atoms with Crippen LogP contribution in [0.4, 0.5) is 0 Å². The molecule has 0 bridgehead atoms. The van der Waals surface area contributed by atoms with Crippen molar-refractivity contribution in [3.05, 3.63) is 48.0 Å². The van der Waals surface area contributed by atoms with Crippen LogP contribution in [0.2, 0.25) is 0 Å². The Labute approximate surface area is 188 Å². The van der Waals surface area contributed by atoms with Gasteiger partial charge in [0.25, 0.3) is 0 Å². The Balaban J connectivity index is 1.41. The third-order valence-electron chi connectivity index (χ3n) is 5.88. The van der Waals surface area contributed by atoms with E-state index in [-0.39, 0.29) is 23.4 Å². The summed E-state index contributed by atoms with van der Waals surface area (Å²) in [6.45, 7) is 3.48. The summed E-state index contributed by atoms with van der Waals surface area (Å²) >= 11 is 0. The van der Waals surface area contributed by atoms with Crippen molar-refractivity contribution in [3.63, 3.8) is 0 Å². The van der Waals surface area contributed by atoms with E-state index in [1.807, 2.05) is 25.1 Å². The molecule has 0 aliphatic carbocycles. The van der Waals surface area contributed by atoms with Crippen LogP contribution in [0.15, 0.2) is 47.4 Å². The van der Waals surface area contributed by atoms with Crippen molar-refractivity contribution in [2.45, 2.75) is 30.7 Å². The number of rotatable bonds is 6. The summed E-state index contributed by atoms with van der Waals surface area (Å²) in [4.78, 5) is 13.2. The average Bonchev–Trinajstić information content (AvgIpc) is 2.83. The molecular weight excluding hydrogens is 432 g/mol. The number of nitrogens with one attached hydrogen (secondary N) is 1. The van der Waals surface area contributed by atoms with Crippen molar-refractivity contribution in [1.82, 2.24) is 9.62 Å². The number of ether oxygens (including phenoxy) is 3. The molecule has 2 atom stereocenters. The van der Waals surface area contributed by atoms with Crippen molar-refractivity contribution < 1.29 is 27.4 Å². The molecular formula is C23H28N2O6S. The average molecular weight is 461 g/mol. The fourth-order valence-electron chi connectivity index (χ4n) is 4.02. The largest absolute Gasteiger partial charge is 0.497 e. The van der Waals surface area contributed by atoms with E-state index in [0.29, 0.717) is 49.8 Å². The first-order chi connectivity index (χ1) is 15.4. The van der Waals surface area contributed by atoms with Gasteiger partial charge < -0.3 is 19.5 Å². The van der Waals surface area contributed by atoms with Crippen LogP contribution in [0.5, 0.6) is 17.2 Å². The number of piperidine rings is 1. The molecule has 2 aromatic rings. The van der Waals surface area contributed by atoms with Crippen LogP contribution in [-0.4, -0.2) is 52.0 Å². The quantitative estimate of drug-likeness (QED) is 0.713. The molecule has 2 aromatic carbocycles. The van der Waals surface area contributed by atoms with Gasteiger partial charge >= 0.3 is 0 Å². The molecule has 1 saturated heterocycles. The van der Waals surface area contributed by atoms with E-state index < -0.39 is 15.9 Å². The number of methoxy groups -OCH3 is 1. The molecule has 32 heavy (non-hydrogen) atoms. The highest BCUT2D eigenvalue weighted by atomic mass is 32.2. The van der Waals surface area contributed by atoms with E-state index in [9.17, 15) is 13.2 Å². The molecule has 0 radical (unpaired) electrons. The predicted octanol–water partition coefficient (Wildman–Crippen LogP) is 2.74. The van der Waals surface area contributed by atoms with Gasteiger partial charge in [-0.15, -0.1) is 0 Å². The molecule has 2 aliphatic heterocycles. The zero-order chi connectivity index (χ0) is 22.7. The molecule has 0 aromatic heterocycles. The Hall–Kier alpha value is -2.78. The van der Waals surface area contributed by atoms with Gasteiger partial charge in [-0.3, -0.25) is 4.79 Å². The molecule has 1 N–H and O–H groups in total. The maximum absolute atomic E-state index is 13.1. The van der Waals surface area contributed by atoms with Gasteiger partial charge in [0.05, 0.1) is 24.0 Å². The lowest BCUT2D eigenvalue weighted by Crippen LogP contribution is -2.45. The first kappa shape index (κ1) is 22.4. The SMILES string of the molecule is COc1ccc(S(=O)(=O)N2CCC[C@H](C(=O)N[C@H](C)c3ccc4c(c3)OCCO4)C2)cc1.